The van der Waals surface area contributed by atoms with Gasteiger partial charge in [0.1, 0.15) is 5.75 Å². The highest BCUT2D eigenvalue weighted by atomic mass is 16.5. The van der Waals surface area contributed by atoms with Gasteiger partial charge in [-0.3, -0.25) is 14.4 Å². The molecule has 0 unspecified atom stereocenters. The van der Waals surface area contributed by atoms with Crippen LogP contribution in [-0.4, -0.2) is 17.8 Å². The van der Waals surface area contributed by atoms with Gasteiger partial charge >= 0.3 is 5.97 Å². The maximum absolute atomic E-state index is 13.8. The molecule has 3 aromatic rings. The van der Waals surface area contributed by atoms with E-state index in [0.717, 1.165) is 22.3 Å². The molecule has 0 aromatic heterocycles. The predicted octanol–water partition coefficient (Wildman–Crippen LogP) is 5.65. The van der Waals surface area contributed by atoms with Gasteiger partial charge in [-0.1, -0.05) is 77.9 Å². The van der Waals surface area contributed by atoms with Crippen molar-refractivity contribution in [1.29, 1.82) is 0 Å². The van der Waals surface area contributed by atoms with Crippen molar-refractivity contribution in [2.24, 2.45) is 23.7 Å². The number of nitrogens with zero attached hydrogens (tertiary/aromatic N) is 1. The van der Waals surface area contributed by atoms with Gasteiger partial charge in [-0.05, 0) is 48.3 Å². The highest BCUT2D eigenvalue weighted by Crippen LogP contribution is 2.59. The van der Waals surface area contributed by atoms with E-state index >= 15 is 0 Å². The van der Waals surface area contributed by atoms with Gasteiger partial charge in [0, 0.05) is 24.8 Å². The summed E-state index contributed by atoms with van der Waals surface area (Å²) in [6.07, 6.45) is 4.21. The van der Waals surface area contributed by atoms with E-state index in [2.05, 4.69) is 74.5 Å². The van der Waals surface area contributed by atoms with Crippen LogP contribution >= 0.6 is 0 Å². The third kappa shape index (κ3) is 3.73. The molecule has 1 aliphatic heterocycles. The van der Waals surface area contributed by atoms with Crippen LogP contribution in [0.3, 0.4) is 0 Å². The van der Waals surface area contributed by atoms with Crippen LogP contribution in [0, 0.1) is 37.5 Å². The first-order valence-electron chi connectivity index (χ1n) is 12.6. The number of anilines is 1. The Bertz CT molecular complexity index is 1410. The zero-order valence-electron chi connectivity index (χ0n) is 21.0. The molecule has 1 heterocycles. The fourth-order valence-electron chi connectivity index (χ4n) is 6.14. The minimum absolute atomic E-state index is 0.147. The van der Waals surface area contributed by atoms with E-state index in [9.17, 15) is 14.4 Å². The van der Waals surface area contributed by atoms with E-state index in [1.165, 1.54) is 23.0 Å². The molecule has 3 aromatic carbocycles. The number of benzene rings is 3. The van der Waals surface area contributed by atoms with Crippen molar-refractivity contribution >= 4 is 29.0 Å². The summed E-state index contributed by atoms with van der Waals surface area (Å²) in [7, 11) is 0. The van der Waals surface area contributed by atoms with Gasteiger partial charge in [0.15, 0.2) is 0 Å². The van der Waals surface area contributed by atoms with Crippen molar-refractivity contribution < 1.29 is 19.1 Å². The number of carbonyl (C=O) groups is 3. The molecule has 2 aliphatic carbocycles. The average Bonchev–Trinajstić information content (AvgIpc) is 3.50. The Morgan fingerprint density at radius 1 is 0.757 bits per heavy atom. The molecule has 5 nitrogen and oxygen atoms in total. The summed E-state index contributed by atoms with van der Waals surface area (Å²) in [6, 6.07) is 23.5. The van der Waals surface area contributed by atoms with Gasteiger partial charge in [0.2, 0.25) is 11.8 Å². The van der Waals surface area contributed by atoms with Gasteiger partial charge in [-0.15, -0.1) is 0 Å². The quantitative estimate of drug-likeness (QED) is 0.206. The highest BCUT2D eigenvalue weighted by Gasteiger charge is 2.62. The van der Waals surface area contributed by atoms with Crippen molar-refractivity contribution in [3.63, 3.8) is 0 Å². The molecule has 3 aliphatic rings. The van der Waals surface area contributed by atoms with Crippen molar-refractivity contribution in [3.05, 3.63) is 113 Å². The maximum Gasteiger partial charge on any atom is 0.308 e. The number of imide groups is 1. The number of amides is 2. The van der Waals surface area contributed by atoms with Crippen LogP contribution in [0.2, 0.25) is 0 Å². The number of carbonyl (C=O) groups excluding carboxylic acids is 3. The Balaban J connectivity index is 1.44. The SMILES string of the molecule is CC(=O)Oc1cccc(N2C(=O)[C@H]3[C@H](C2=O)[C@H]2C=C[C@H]3C2=C(c2ccc(C)cc2)c2ccc(C)cc2)c1. The number of aryl methyl sites for hydroxylation is 2. The predicted molar refractivity (Wildman–Crippen MR) is 142 cm³/mol. The number of hydrogen-bond donors (Lipinski definition) is 0. The smallest absolute Gasteiger partial charge is 0.308 e. The van der Waals surface area contributed by atoms with Crippen LogP contribution in [0.5, 0.6) is 5.75 Å². The van der Waals surface area contributed by atoms with Crippen molar-refractivity contribution in [1.82, 2.24) is 0 Å². The van der Waals surface area contributed by atoms with Crippen LogP contribution in [0.1, 0.15) is 29.2 Å². The summed E-state index contributed by atoms with van der Waals surface area (Å²) in [4.78, 5) is 40.3. The molecule has 2 fully saturated rings. The first-order chi connectivity index (χ1) is 17.8. The zero-order chi connectivity index (χ0) is 25.8. The molecule has 4 atom stereocenters. The molecule has 5 heteroatoms. The lowest BCUT2D eigenvalue weighted by Gasteiger charge is -2.22. The van der Waals surface area contributed by atoms with E-state index in [1.54, 1.807) is 24.3 Å². The molecule has 1 saturated carbocycles. The Morgan fingerprint density at radius 3 is 1.76 bits per heavy atom. The van der Waals surface area contributed by atoms with E-state index in [0.29, 0.717) is 11.4 Å². The van der Waals surface area contributed by atoms with E-state index in [1.807, 2.05) is 0 Å². The normalized spacial score (nSPS) is 23.5. The fraction of sp³-hybridized carbons (Fsp3) is 0.219. The number of allylic oxidation sites excluding steroid dienone is 3. The average molecular weight is 490 g/mol. The molecular formula is C32H27NO4. The van der Waals surface area contributed by atoms with Crippen molar-refractivity contribution in [2.45, 2.75) is 20.8 Å². The van der Waals surface area contributed by atoms with Crippen molar-refractivity contribution in [3.8, 4) is 5.75 Å². The largest absolute Gasteiger partial charge is 0.427 e. The number of rotatable bonds is 4. The number of fused-ring (bicyclic) bond motifs is 5. The minimum Gasteiger partial charge on any atom is -0.427 e. The Morgan fingerprint density at radius 2 is 1.27 bits per heavy atom. The lowest BCUT2D eigenvalue weighted by molar-refractivity contribution is -0.132. The van der Waals surface area contributed by atoms with Gasteiger partial charge in [-0.25, -0.2) is 4.90 Å². The third-order valence-corrected chi connectivity index (χ3v) is 7.72. The summed E-state index contributed by atoms with van der Waals surface area (Å²) >= 11 is 0. The minimum atomic E-state index is -0.454. The first kappa shape index (κ1) is 23.2. The molecule has 2 bridgehead atoms. The van der Waals surface area contributed by atoms with Crippen LogP contribution in [0.15, 0.2) is 90.5 Å². The molecule has 1 saturated heterocycles. The monoisotopic (exact) mass is 489 g/mol. The second-order valence-electron chi connectivity index (χ2n) is 10.2. The Hall–Kier alpha value is -4.25. The van der Waals surface area contributed by atoms with Gasteiger partial charge in [-0.2, -0.15) is 0 Å². The number of ether oxygens (including phenoxy) is 1. The topological polar surface area (TPSA) is 63.7 Å². The number of hydrogen-bond acceptors (Lipinski definition) is 4. The van der Waals surface area contributed by atoms with Crippen LogP contribution in [0.4, 0.5) is 5.69 Å². The molecule has 0 spiro atoms. The summed E-state index contributed by atoms with van der Waals surface area (Å²) in [5, 5.41) is 0. The first-order valence-corrected chi connectivity index (χ1v) is 12.6. The Kier molecular flexibility index (Phi) is 5.45. The third-order valence-electron chi connectivity index (χ3n) is 7.72. The summed E-state index contributed by atoms with van der Waals surface area (Å²) in [5.41, 5.74) is 7.24. The van der Waals surface area contributed by atoms with E-state index in [4.69, 9.17) is 4.74 Å². The number of esters is 1. The molecule has 6 rings (SSSR count). The zero-order valence-corrected chi connectivity index (χ0v) is 21.0. The van der Waals surface area contributed by atoms with Gasteiger partial charge in [0.25, 0.3) is 0 Å². The van der Waals surface area contributed by atoms with E-state index in [-0.39, 0.29) is 23.7 Å². The van der Waals surface area contributed by atoms with Gasteiger partial charge < -0.3 is 4.74 Å². The van der Waals surface area contributed by atoms with Crippen LogP contribution in [-0.2, 0) is 14.4 Å². The Labute approximate surface area is 216 Å². The van der Waals surface area contributed by atoms with Crippen LogP contribution < -0.4 is 9.64 Å². The molecular weight excluding hydrogens is 462 g/mol. The summed E-state index contributed by atoms with van der Waals surface area (Å²) < 4.78 is 5.19. The summed E-state index contributed by atoms with van der Waals surface area (Å²) in [5.74, 6) is -1.72. The molecule has 184 valence electrons. The second-order valence-corrected chi connectivity index (χ2v) is 10.2. The standard InChI is InChI=1S/C32H27NO4/c1-18-7-11-21(12-8-18)27(22-13-9-19(2)10-14-22)28-25-15-16-26(28)30-29(25)31(35)33(32(30)36)23-5-4-6-24(17-23)37-20(3)34/h4-17,25-26,29-30H,1-3H3/t25-,26-,29+,30+/m0/s1. The lowest BCUT2D eigenvalue weighted by atomic mass is 9.85. The van der Waals surface area contributed by atoms with E-state index < -0.39 is 17.8 Å². The summed E-state index contributed by atoms with van der Waals surface area (Å²) in [6.45, 7) is 5.45. The van der Waals surface area contributed by atoms with Crippen molar-refractivity contribution in [2.75, 3.05) is 4.90 Å². The van der Waals surface area contributed by atoms with Crippen LogP contribution in [0.25, 0.3) is 5.57 Å². The molecule has 37 heavy (non-hydrogen) atoms. The fourth-order valence-corrected chi connectivity index (χ4v) is 6.14. The molecule has 0 N–H and O–H groups in total. The molecule has 2 amide bonds. The maximum atomic E-state index is 13.8. The van der Waals surface area contributed by atoms with Gasteiger partial charge in [0.05, 0.1) is 17.5 Å². The molecule has 0 radical (unpaired) electrons. The second kappa shape index (κ2) is 8.70. The highest BCUT2D eigenvalue weighted by molar-refractivity contribution is 6.23. The lowest BCUT2D eigenvalue weighted by Crippen LogP contribution is -2.33.